The van der Waals surface area contributed by atoms with Crippen LogP contribution in [0.4, 0.5) is 5.69 Å². The van der Waals surface area contributed by atoms with Crippen LogP contribution < -0.4 is 5.73 Å². The highest BCUT2D eigenvalue weighted by Gasteiger charge is 2.21. The standard InChI is InChI=1S/C18H20ClNO/c1-9-10(2)12(4)16(13(5)11(9)3)18(21)14-7-6-8-15(20)17(14)19/h6-8H,20H2,1-5H3. The minimum Gasteiger partial charge on any atom is -0.398 e. The van der Waals surface area contributed by atoms with Gasteiger partial charge in [-0.05, 0) is 74.6 Å². The molecular formula is C18H20ClNO. The predicted octanol–water partition coefficient (Wildman–Crippen LogP) is 4.70. The van der Waals surface area contributed by atoms with Crippen molar-refractivity contribution >= 4 is 23.1 Å². The highest BCUT2D eigenvalue weighted by Crippen LogP contribution is 2.31. The molecule has 2 aromatic carbocycles. The molecule has 0 amide bonds. The van der Waals surface area contributed by atoms with Gasteiger partial charge in [0.1, 0.15) is 0 Å². The summed E-state index contributed by atoms with van der Waals surface area (Å²) < 4.78 is 0. The molecule has 0 saturated carbocycles. The fourth-order valence-corrected chi connectivity index (χ4v) is 2.91. The largest absolute Gasteiger partial charge is 0.398 e. The molecular weight excluding hydrogens is 282 g/mol. The Kier molecular flexibility index (Phi) is 4.11. The van der Waals surface area contributed by atoms with Gasteiger partial charge in [-0.25, -0.2) is 0 Å². The van der Waals surface area contributed by atoms with Gasteiger partial charge in [0.15, 0.2) is 5.78 Å². The minimum atomic E-state index is -0.0616. The smallest absolute Gasteiger partial charge is 0.195 e. The Hall–Kier alpha value is -1.80. The van der Waals surface area contributed by atoms with Crippen LogP contribution >= 0.6 is 11.6 Å². The highest BCUT2D eigenvalue weighted by atomic mass is 35.5. The Balaban J connectivity index is 2.73. The Labute approximate surface area is 130 Å². The van der Waals surface area contributed by atoms with E-state index < -0.39 is 0 Å². The van der Waals surface area contributed by atoms with Crippen molar-refractivity contribution in [2.75, 3.05) is 5.73 Å². The van der Waals surface area contributed by atoms with Crippen molar-refractivity contribution in [1.29, 1.82) is 0 Å². The summed E-state index contributed by atoms with van der Waals surface area (Å²) in [4.78, 5) is 12.9. The second-order valence-corrected chi connectivity index (χ2v) is 5.92. The van der Waals surface area contributed by atoms with Gasteiger partial charge in [-0.1, -0.05) is 17.7 Å². The molecule has 0 aliphatic rings. The van der Waals surface area contributed by atoms with Crippen LogP contribution in [0.3, 0.4) is 0 Å². The first kappa shape index (κ1) is 15.6. The molecule has 2 rings (SSSR count). The molecule has 0 saturated heterocycles. The van der Waals surface area contributed by atoms with E-state index in [-0.39, 0.29) is 5.78 Å². The molecule has 0 spiro atoms. The Morgan fingerprint density at radius 2 is 1.38 bits per heavy atom. The molecule has 0 atom stereocenters. The molecule has 0 unspecified atom stereocenters. The maximum atomic E-state index is 12.9. The maximum absolute atomic E-state index is 12.9. The van der Waals surface area contributed by atoms with Crippen LogP contribution in [0.25, 0.3) is 0 Å². The molecule has 0 bridgehead atoms. The van der Waals surface area contributed by atoms with Crippen LogP contribution in [-0.4, -0.2) is 5.78 Å². The van der Waals surface area contributed by atoms with Crippen molar-refractivity contribution in [2.24, 2.45) is 0 Å². The molecule has 0 aliphatic heterocycles. The van der Waals surface area contributed by atoms with E-state index in [0.29, 0.717) is 16.3 Å². The van der Waals surface area contributed by atoms with Crippen LogP contribution in [-0.2, 0) is 0 Å². The lowest BCUT2D eigenvalue weighted by molar-refractivity contribution is 0.103. The average molecular weight is 302 g/mol. The quantitative estimate of drug-likeness (QED) is 0.645. The summed E-state index contributed by atoms with van der Waals surface area (Å²) in [5.74, 6) is -0.0616. The van der Waals surface area contributed by atoms with Gasteiger partial charge in [0.05, 0.1) is 10.7 Å². The number of rotatable bonds is 2. The van der Waals surface area contributed by atoms with Crippen molar-refractivity contribution in [3.05, 3.63) is 62.2 Å². The molecule has 2 N–H and O–H groups in total. The van der Waals surface area contributed by atoms with Gasteiger partial charge in [-0.3, -0.25) is 4.79 Å². The Morgan fingerprint density at radius 1 is 0.905 bits per heavy atom. The number of nitrogen functional groups attached to an aromatic ring is 1. The second-order valence-electron chi connectivity index (χ2n) is 5.54. The van der Waals surface area contributed by atoms with Crippen LogP contribution in [0.1, 0.15) is 43.7 Å². The van der Waals surface area contributed by atoms with E-state index >= 15 is 0 Å². The summed E-state index contributed by atoms with van der Waals surface area (Å²) in [7, 11) is 0. The number of hydrogen-bond acceptors (Lipinski definition) is 2. The highest BCUT2D eigenvalue weighted by molar-refractivity contribution is 6.37. The number of halogens is 1. The van der Waals surface area contributed by atoms with Crippen molar-refractivity contribution in [2.45, 2.75) is 34.6 Å². The molecule has 0 fully saturated rings. The molecule has 110 valence electrons. The zero-order valence-electron chi connectivity index (χ0n) is 13.1. The summed E-state index contributed by atoms with van der Waals surface area (Å²) in [6.45, 7) is 10.2. The number of carbonyl (C=O) groups excluding carboxylic acids is 1. The first-order chi connectivity index (χ1) is 9.77. The number of anilines is 1. The molecule has 0 heterocycles. The summed E-state index contributed by atoms with van der Waals surface area (Å²) in [6, 6.07) is 5.18. The van der Waals surface area contributed by atoms with E-state index in [1.165, 1.54) is 5.56 Å². The summed E-state index contributed by atoms with van der Waals surface area (Å²) in [6.07, 6.45) is 0. The molecule has 0 radical (unpaired) electrons. The molecule has 2 nitrogen and oxygen atoms in total. The molecule has 0 aliphatic carbocycles. The maximum Gasteiger partial charge on any atom is 0.195 e. The zero-order valence-corrected chi connectivity index (χ0v) is 13.9. The zero-order chi connectivity index (χ0) is 15.9. The third kappa shape index (κ3) is 2.44. The van der Waals surface area contributed by atoms with Crippen LogP contribution in [0.5, 0.6) is 0 Å². The van der Waals surface area contributed by atoms with Crippen molar-refractivity contribution in [3.8, 4) is 0 Å². The third-order valence-corrected chi connectivity index (χ3v) is 4.92. The van der Waals surface area contributed by atoms with Crippen LogP contribution in [0.15, 0.2) is 18.2 Å². The van der Waals surface area contributed by atoms with Gasteiger partial charge in [-0.15, -0.1) is 0 Å². The molecule has 3 heteroatoms. The van der Waals surface area contributed by atoms with E-state index in [2.05, 4.69) is 20.8 Å². The minimum absolute atomic E-state index is 0.0616. The lowest BCUT2D eigenvalue weighted by Crippen LogP contribution is -2.11. The van der Waals surface area contributed by atoms with Gasteiger partial charge in [0, 0.05) is 11.1 Å². The molecule has 0 aromatic heterocycles. The lowest BCUT2D eigenvalue weighted by atomic mass is 9.86. The van der Waals surface area contributed by atoms with E-state index in [4.69, 9.17) is 17.3 Å². The van der Waals surface area contributed by atoms with Gasteiger partial charge in [0.25, 0.3) is 0 Å². The lowest BCUT2D eigenvalue weighted by Gasteiger charge is -2.18. The van der Waals surface area contributed by atoms with Gasteiger partial charge in [-0.2, -0.15) is 0 Å². The average Bonchev–Trinajstić information content (AvgIpc) is 2.46. The summed E-state index contributed by atoms with van der Waals surface area (Å²) >= 11 is 6.21. The Bertz CT molecular complexity index is 718. The number of hydrogen-bond donors (Lipinski definition) is 1. The van der Waals surface area contributed by atoms with Crippen molar-refractivity contribution in [3.63, 3.8) is 0 Å². The van der Waals surface area contributed by atoms with Gasteiger partial charge in [0.2, 0.25) is 0 Å². The summed E-state index contributed by atoms with van der Waals surface area (Å²) in [5.41, 5.74) is 13.0. The Morgan fingerprint density at radius 3 is 1.90 bits per heavy atom. The van der Waals surface area contributed by atoms with E-state index in [1.54, 1.807) is 18.2 Å². The topological polar surface area (TPSA) is 43.1 Å². The number of benzene rings is 2. The van der Waals surface area contributed by atoms with E-state index in [9.17, 15) is 4.79 Å². The molecule has 2 aromatic rings. The fraction of sp³-hybridized carbons (Fsp3) is 0.278. The summed E-state index contributed by atoms with van der Waals surface area (Å²) in [5, 5.41) is 0.331. The van der Waals surface area contributed by atoms with Crippen LogP contribution in [0, 0.1) is 34.6 Å². The van der Waals surface area contributed by atoms with Crippen LogP contribution in [0.2, 0.25) is 5.02 Å². The predicted molar refractivity (Wildman–Crippen MR) is 89.4 cm³/mol. The monoisotopic (exact) mass is 301 g/mol. The van der Waals surface area contributed by atoms with E-state index in [0.717, 1.165) is 27.8 Å². The van der Waals surface area contributed by atoms with E-state index in [1.807, 2.05) is 13.8 Å². The van der Waals surface area contributed by atoms with Crippen molar-refractivity contribution in [1.82, 2.24) is 0 Å². The number of carbonyl (C=O) groups is 1. The SMILES string of the molecule is Cc1c(C)c(C)c(C(=O)c2cccc(N)c2Cl)c(C)c1C. The second kappa shape index (κ2) is 5.53. The molecule has 21 heavy (non-hydrogen) atoms. The van der Waals surface area contributed by atoms with Gasteiger partial charge >= 0.3 is 0 Å². The number of ketones is 1. The fourth-order valence-electron chi connectivity index (χ4n) is 2.70. The number of nitrogens with two attached hydrogens (primary N) is 1. The van der Waals surface area contributed by atoms with Gasteiger partial charge < -0.3 is 5.73 Å². The third-order valence-electron chi connectivity index (χ3n) is 4.50. The van der Waals surface area contributed by atoms with Crippen molar-refractivity contribution < 1.29 is 4.79 Å². The normalized spacial score (nSPS) is 10.8. The first-order valence-corrected chi connectivity index (χ1v) is 7.30. The first-order valence-electron chi connectivity index (χ1n) is 6.93.